The molecular formula is C19H17N4O4-. The van der Waals surface area contributed by atoms with Crippen LogP contribution in [-0.4, -0.2) is 20.9 Å². The Labute approximate surface area is 154 Å². The zero-order chi connectivity index (χ0) is 19.7. The van der Waals surface area contributed by atoms with Crippen LogP contribution in [0.5, 0.6) is 5.75 Å². The topological polar surface area (TPSA) is 116 Å². The summed E-state index contributed by atoms with van der Waals surface area (Å²) in [4.78, 5) is 27.0. The van der Waals surface area contributed by atoms with Crippen LogP contribution in [-0.2, 0) is 0 Å². The Kier molecular flexibility index (Phi) is 4.64. The summed E-state index contributed by atoms with van der Waals surface area (Å²) >= 11 is 0. The van der Waals surface area contributed by atoms with E-state index < -0.39 is 10.7 Å². The van der Waals surface area contributed by atoms with E-state index in [0.29, 0.717) is 11.4 Å². The van der Waals surface area contributed by atoms with Gasteiger partial charge in [0, 0.05) is 24.0 Å². The van der Waals surface area contributed by atoms with Gasteiger partial charge < -0.3 is 5.11 Å². The van der Waals surface area contributed by atoms with Crippen LogP contribution < -0.4 is 10.7 Å². The molecule has 138 valence electrons. The van der Waals surface area contributed by atoms with Crippen LogP contribution in [0.15, 0.2) is 46.2 Å². The molecule has 3 rings (SSSR count). The van der Waals surface area contributed by atoms with E-state index in [-0.39, 0.29) is 22.5 Å². The summed E-state index contributed by atoms with van der Waals surface area (Å²) in [6.45, 7) is 5.66. The number of benzene rings is 2. The molecule has 0 amide bonds. The predicted octanol–water partition coefficient (Wildman–Crippen LogP) is 2.82. The first-order valence-electron chi connectivity index (χ1n) is 8.16. The molecule has 0 aliphatic heterocycles. The number of non-ortho nitro benzene ring substituents is 1. The smallest absolute Gasteiger partial charge is 0.280 e. The maximum absolute atomic E-state index is 12.7. The number of nitro benzene ring substituents is 1. The third-order valence-corrected chi connectivity index (χ3v) is 4.35. The average molecular weight is 365 g/mol. The van der Waals surface area contributed by atoms with E-state index in [9.17, 15) is 20.0 Å². The molecule has 0 unspecified atom stereocenters. The quantitative estimate of drug-likeness (QED) is 0.434. The number of nitrogens with one attached hydrogen (secondary N) is 1. The van der Waals surface area contributed by atoms with Crippen molar-refractivity contribution in [3.05, 3.63) is 79.3 Å². The minimum Gasteiger partial charge on any atom is -0.871 e. The number of aryl methyl sites for hydroxylation is 3. The molecule has 27 heavy (non-hydrogen) atoms. The predicted molar refractivity (Wildman–Crippen MR) is 100 cm³/mol. The van der Waals surface area contributed by atoms with Crippen LogP contribution in [0.1, 0.15) is 22.4 Å². The molecular weight excluding hydrogens is 348 g/mol. The SMILES string of the molecule is Cc1ccc(-n2[nH]c(C)c(C=Nc3cc([N+](=O)[O-])ccc3[O-])c2=O)cc1C. The van der Waals surface area contributed by atoms with Crippen molar-refractivity contribution in [3.8, 4) is 11.4 Å². The maximum Gasteiger partial charge on any atom is 0.280 e. The molecule has 0 saturated carbocycles. The molecule has 8 nitrogen and oxygen atoms in total. The van der Waals surface area contributed by atoms with Crippen molar-refractivity contribution in [2.75, 3.05) is 0 Å². The van der Waals surface area contributed by atoms with Crippen LogP contribution in [0, 0.1) is 30.9 Å². The zero-order valence-corrected chi connectivity index (χ0v) is 15.0. The van der Waals surface area contributed by atoms with Crippen LogP contribution >= 0.6 is 0 Å². The lowest BCUT2D eigenvalue weighted by atomic mass is 10.1. The number of H-pyrrole nitrogens is 1. The van der Waals surface area contributed by atoms with Crippen LogP contribution in [0.25, 0.3) is 5.69 Å². The number of rotatable bonds is 4. The van der Waals surface area contributed by atoms with Gasteiger partial charge in [0.15, 0.2) is 0 Å². The summed E-state index contributed by atoms with van der Waals surface area (Å²) in [7, 11) is 0. The highest BCUT2D eigenvalue weighted by Gasteiger charge is 2.12. The molecule has 0 atom stereocenters. The Balaban J connectivity index is 2.02. The highest BCUT2D eigenvalue weighted by molar-refractivity contribution is 5.84. The first kappa shape index (κ1) is 18.1. The van der Waals surface area contributed by atoms with E-state index in [0.717, 1.165) is 29.3 Å². The fourth-order valence-corrected chi connectivity index (χ4v) is 2.61. The molecule has 0 bridgehead atoms. The minimum absolute atomic E-state index is 0.0954. The van der Waals surface area contributed by atoms with Gasteiger partial charge in [0.2, 0.25) is 0 Å². The summed E-state index contributed by atoms with van der Waals surface area (Å²) in [6.07, 6.45) is 1.26. The van der Waals surface area contributed by atoms with Gasteiger partial charge in [-0.25, -0.2) is 4.68 Å². The van der Waals surface area contributed by atoms with Crippen molar-refractivity contribution in [1.29, 1.82) is 0 Å². The molecule has 3 aromatic rings. The van der Waals surface area contributed by atoms with Gasteiger partial charge in [-0.05, 0) is 44.0 Å². The monoisotopic (exact) mass is 365 g/mol. The van der Waals surface area contributed by atoms with Crippen molar-refractivity contribution in [1.82, 2.24) is 9.78 Å². The molecule has 0 saturated heterocycles. The van der Waals surface area contributed by atoms with Crippen molar-refractivity contribution >= 4 is 17.6 Å². The number of hydrogen-bond donors (Lipinski definition) is 1. The van der Waals surface area contributed by atoms with Crippen molar-refractivity contribution in [2.45, 2.75) is 20.8 Å². The number of nitrogens with zero attached hydrogens (tertiary/aromatic N) is 3. The summed E-state index contributed by atoms with van der Waals surface area (Å²) < 4.78 is 1.40. The van der Waals surface area contributed by atoms with Gasteiger partial charge in [0.1, 0.15) is 0 Å². The summed E-state index contributed by atoms with van der Waals surface area (Å²) in [5.74, 6) is -0.459. The van der Waals surface area contributed by atoms with E-state index in [4.69, 9.17) is 0 Å². The summed E-state index contributed by atoms with van der Waals surface area (Å²) in [5, 5.41) is 25.7. The first-order chi connectivity index (χ1) is 12.8. The van der Waals surface area contributed by atoms with Gasteiger partial charge in [-0.1, -0.05) is 17.9 Å². The molecule has 0 aliphatic carbocycles. The molecule has 0 fully saturated rings. The fourth-order valence-electron chi connectivity index (χ4n) is 2.61. The standard InChI is InChI=1S/C19H18N4O4/c1-11-4-5-14(8-12(11)2)22-19(25)16(13(3)21-22)10-20-17-9-15(23(26)27)6-7-18(17)24/h4-10,21,24H,1-3H3/p-1. The number of nitro groups is 1. The summed E-state index contributed by atoms with van der Waals surface area (Å²) in [6, 6.07) is 8.94. The Bertz CT molecular complexity index is 1130. The van der Waals surface area contributed by atoms with Crippen LogP contribution in [0.4, 0.5) is 11.4 Å². The summed E-state index contributed by atoms with van der Waals surface area (Å²) in [5.41, 5.74) is 3.05. The third kappa shape index (κ3) is 3.50. The molecule has 1 heterocycles. The highest BCUT2D eigenvalue weighted by Crippen LogP contribution is 2.28. The van der Waals surface area contributed by atoms with E-state index in [1.54, 1.807) is 6.92 Å². The fraction of sp³-hybridized carbons (Fsp3) is 0.158. The van der Waals surface area contributed by atoms with E-state index >= 15 is 0 Å². The highest BCUT2D eigenvalue weighted by atomic mass is 16.6. The first-order valence-corrected chi connectivity index (χ1v) is 8.16. The van der Waals surface area contributed by atoms with Crippen molar-refractivity contribution in [2.24, 2.45) is 4.99 Å². The molecule has 0 spiro atoms. The lowest BCUT2D eigenvalue weighted by molar-refractivity contribution is -0.385. The molecule has 2 aromatic carbocycles. The lowest BCUT2D eigenvalue weighted by Gasteiger charge is -2.07. The molecule has 0 radical (unpaired) electrons. The Morgan fingerprint density at radius 1 is 1.11 bits per heavy atom. The maximum atomic E-state index is 12.7. The van der Waals surface area contributed by atoms with E-state index in [1.165, 1.54) is 10.9 Å². The molecule has 0 aliphatic rings. The Morgan fingerprint density at radius 3 is 2.52 bits per heavy atom. The van der Waals surface area contributed by atoms with Gasteiger partial charge in [0.25, 0.3) is 11.2 Å². The van der Waals surface area contributed by atoms with Crippen molar-refractivity contribution in [3.63, 3.8) is 0 Å². The van der Waals surface area contributed by atoms with Gasteiger partial charge in [-0.15, -0.1) is 0 Å². The van der Waals surface area contributed by atoms with Gasteiger partial charge in [-0.2, -0.15) is 0 Å². The van der Waals surface area contributed by atoms with Gasteiger partial charge >= 0.3 is 0 Å². The average Bonchev–Trinajstić information content (AvgIpc) is 2.90. The minimum atomic E-state index is -0.604. The second-order valence-electron chi connectivity index (χ2n) is 6.23. The van der Waals surface area contributed by atoms with Crippen LogP contribution in [0.2, 0.25) is 0 Å². The molecule has 1 N–H and O–H groups in total. The number of aliphatic imine (C=N–C) groups is 1. The Morgan fingerprint density at radius 2 is 1.85 bits per heavy atom. The second kappa shape index (κ2) is 6.91. The van der Waals surface area contributed by atoms with Crippen LogP contribution in [0.3, 0.4) is 0 Å². The molecule has 1 aromatic heterocycles. The third-order valence-electron chi connectivity index (χ3n) is 4.35. The number of hydrogen-bond acceptors (Lipinski definition) is 5. The number of aromatic amines is 1. The zero-order valence-electron chi connectivity index (χ0n) is 15.0. The van der Waals surface area contributed by atoms with Crippen molar-refractivity contribution < 1.29 is 10.0 Å². The van der Waals surface area contributed by atoms with Gasteiger partial charge in [-0.3, -0.25) is 25.0 Å². The Hall–Kier alpha value is -3.68. The largest absolute Gasteiger partial charge is 0.871 e. The second-order valence-corrected chi connectivity index (χ2v) is 6.23. The van der Waals surface area contributed by atoms with E-state index in [2.05, 4.69) is 10.1 Å². The normalized spacial score (nSPS) is 11.2. The lowest BCUT2D eigenvalue weighted by Crippen LogP contribution is -2.17. The number of aromatic nitrogens is 2. The van der Waals surface area contributed by atoms with E-state index in [1.807, 2.05) is 32.0 Å². The molecule has 8 heteroatoms. The van der Waals surface area contributed by atoms with Gasteiger partial charge in [0.05, 0.1) is 21.9 Å².